The smallest absolute Gasteiger partial charge is 0.446 e. The lowest BCUT2D eigenvalue weighted by Gasteiger charge is -2.16. The van der Waals surface area contributed by atoms with E-state index in [0.29, 0.717) is 0 Å². The number of nitrogens with zero attached hydrogens (tertiary/aromatic N) is 4. The minimum Gasteiger partial charge on any atom is -0.464 e. The molecular weight excluding hydrogens is 537 g/mol. The number of nitrogens with one attached hydrogen (secondary N) is 2. The molecular formula is C15H15BrFN7O8S. The van der Waals surface area contributed by atoms with Crippen molar-refractivity contribution in [3.8, 4) is 17.2 Å². The fourth-order valence-electron chi connectivity index (χ4n) is 2.43. The number of rotatable bonds is 10. The van der Waals surface area contributed by atoms with Gasteiger partial charge in [0.15, 0.2) is 0 Å². The Balaban J connectivity index is 1.79. The molecule has 0 amide bonds. The van der Waals surface area contributed by atoms with E-state index in [1.165, 1.54) is 12.1 Å². The molecule has 1 atom stereocenters. The SMILES string of the molecule is CC(=O)OCC(CONc1nonc1-c1noc(=O)n1-c1ccc(F)c(Br)c1)NS(N)(=O)=O. The van der Waals surface area contributed by atoms with Crippen molar-refractivity contribution in [2.24, 2.45) is 5.14 Å². The third-order valence-electron chi connectivity index (χ3n) is 3.74. The van der Waals surface area contributed by atoms with Crippen LogP contribution in [0.2, 0.25) is 0 Å². The fraction of sp³-hybridized carbons (Fsp3) is 0.267. The molecule has 0 radical (unpaired) electrons. The molecule has 0 saturated heterocycles. The van der Waals surface area contributed by atoms with Gasteiger partial charge in [-0.3, -0.25) is 14.2 Å². The molecule has 2 heterocycles. The molecule has 3 rings (SSSR count). The quantitative estimate of drug-likeness (QED) is 0.222. The van der Waals surface area contributed by atoms with Gasteiger partial charge in [0.1, 0.15) is 12.4 Å². The summed E-state index contributed by atoms with van der Waals surface area (Å²) in [5.74, 6) is -2.44. The molecule has 178 valence electrons. The van der Waals surface area contributed by atoms with Crippen LogP contribution in [0.3, 0.4) is 0 Å². The molecule has 4 N–H and O–H groups in total. The third kappa shape index (κ3) is 6.42. The number of hydrogen-bond donors (Lipinski definition) is 3. The van der Waals surface area contributed by atoms with Crippen molar-refractivity contribution >= 4 is 37.9 Å². The highest BCUT2D eigenvalue weighted by atomic mass is 79.9. The summed E-state index contributed by atoms with van der Waals surface area (Å²) < 4.78 is 53.3. The number of nitrogens with two attached hydrogens (primary N) is 1. The van der Waals surface area contributed by atoms with Gasteiger partial charge in [0.2, 0.25) is 17.3 Å². The normalized spacial score (nSPS) is 12.5. The Kier molecular flexibility index (Phi) is 7.53. The lowest BCUT2D eigenvalue weighted by molar-refractivity contribution is -0.141. The van der Waals surface area contributed by atoms with Gasteiger partial charge < -0.3 is 4.74 Å². The zero-order chi connectivity index (χ0) is 24.2. The molecule has 2 aromatic heterocycles. The van der Waals surface area contributed by atoms with Crippen LogP contribution in [-0.4, -0.2) is 53.7 Å². The van der Waals surface area contributed by atoms with Crippen LogP contribution in [-0.2, 0) is 24.6 Å². The van der Waals surface area contributed by atoms with E-state index < -0.39 is 33.8 Å². The molecule has 1 unspecified atom stereocenters. The van der Waals surface area contributed by atoms with E-state index in [1.54, 1.807) is 0 Å². The van der Waals surface area contributed by atoms with Gasteiger partial charge in [0, 0.05) is 6.92 Å². The molecule has 15 nitrogen and oxygen atoms in total. The summed E-state index contributed by atoms with van der Waals surface area (Å²) in [6, 6.07) is 2.68. The zero-order valence-corrected chi connectivity index (χ0v) is 18.9. The Labute approximate surface area is 192 Å². The first kappa shape index (κ1) is 24.5. The number of esters is 1. The number of benzene rings is 1. The van der Waals surface area contributed by atoms with Crippen molar-refractivity contribution in [3.05, 3.63) is 39.0 Å². The zero-order valence-electron chi connectivity index (χ0n) is 16.5. The second kappa shape index (κ2) is 10.2. The topological polar surface area (TPSA) is 207 Å². The van der Waals surface area contributed by atoms with Crippen LogP contribution < -0.4 is 21.1 Å². The van der Waals surface area contributed by atoms with E-state index in [9.17, 15) is 22.4 Å². The highest BCUT2D eigenvalue weighted by Crippen LogP contribution is 2.26. The number of ether oxygens (including phenoxy) is 1. The van der Waals surface area contributed by atoms with Crippen LogP contribution in [0.25, 0.3) is 17.2 Å². The second-order valence-corrected chi connectivity index (χ2v) is 8.42. The maximum atomic E-state index is 13.6. The van der Waals surface area contributed by atoms with E-state index >= 15 is 0 Å². The highest BCUT2D eigenvalue weighted by molar-refractivity contribution is 9.10. The second-order valence-electron chi connectivity index (χ2n) is 6.24. The molecule has 18 heteroatoms. The van der Waals surface area contributed by atoms with Crippen LogP contribution in [0.15, 0.2) is 36.6 Å². The minimum atomic E-state index is -4.13. The molecule has 1 aromatic carbocycles. The Morgan fingerprint density at radius 1 is 1.33 bits per heavy atom. The van der Waals surface area contributed by atoms with Gasteiger partial charge in [-0.15, -0.1) is 0 Å². The lowest BCUT2D eigenvalue weighted by Crippen LogP contribution is -2.45. The molecule has 3 aromatic rings. The Bertz CT molecular complexity index is 1310. The van der Waals surface area contributed by atoms with E-state index in [2.05, 4.69) is 46.0 Å². The van der Waals surface area contributed by atoms with E-state index in [1.807, 2.05) is 4.72 Å². The van der Waals surface area contributed by atoms with Crippen molar-refractivity contribution in [1.29, 1.82) is 0 Å². The molecule has 0 fully saturated rings. The van der Waals surface area contributed by atoms with Crippen molar-refractivity contribution in [2.75, 3.05) is 18.7 Å². The van der Waals surface area contributed by atoms with Gasteiger partial charge in [-0.1, -0.05) is 5.16 Å². The number of halogens is 2. The van der Waals surface area contributed by atoms with E-state index in [0.717, 1.165) is 17.6 Å². The van der Waals surface area contributed by atoms with Crippen molar-refractivity contribution in [2.45, 2.75) is 13.0 Å². The van der Waals surface area contributed by atoms with Gasteiger partial charge in [0.05, 0.1) is 22.8 Å². The summed E-state index contributed by atoms with van der Waals surface area (Å²) in [5.41, 5.74) is 2.42. The summed E-state index contributed by atoms with van der Waals surface area (Å²) in [7, 11) is -4.13. The molecule has 0 spiro atoms. The van der Waals surface area contributed by atoms with Gasteiger partial charge in [-0.05, 0) is 44.4 Å². The summed E-state index contributed by atoms with van der Waals surface area (Å²) in [6.45, 7) is 0.379. The minimum absolute atomic E-state index is 0.0835. The Hall–Kier alpha value is -3.19. The number of aromatic nitrogens is 4. The Morgan fingerprint density at radius 3 is 2.76 bits per heavy atom. The van der Waals surface area contributed by atoms with Crippen molar-refractivity contribution in [1.82, 2.24) is 24.8 Å². The van der Waals surface area contributed by atoms with Crippen molar-refractivity contribution < 1.29 is 36.3 Å². The van der Waals surface area contributed by atoms with Gasteiger partial charge in [0.25, 0.3) is 10.2 Å². The van der Waals surface area contributed by atoms with Gasteiger partial charge >= 0.3 is 11.7 Å². The van der Waals surface area contributed by atoms with Crippen LogP contribution in [0, 0.1) is 5.82 Å². The van der Waals surface area contributed by atoms with Gasteiger partial charge in [-0.25, -0.2) is 29.0 Å². The van der Waals surface area contributed by atoms with E-state index in [-0.39, 0.29) is 40.7 Å². The first-order valence-electron chi connectivity index (χ1n) is 8.73. The number of hydrogen-bond acceptors (Lipinski definition) is 12. The highest BCUT2D eigenvalue weighted by Gasteiger charge is 2.24. The largest absolute Gasteiger partial charge is 0.464 e. The molecule has 33 heavy (non-hydrogen) atoms. The molecule has 0 bridgehead atoms. The maximum Gasteiger partial charge on any atom is 0.446 e. The predicted octanol–water partition coefficient (Wildman–Crippen LogP) is -0.155. The number of anilines is 1. The lowest BCUT2D eigenvalue weighted by atomic mass is 10.3. The summed E-state index contributed by atoms with van der Waals surface area (Å²) in [6.07, 6.45) is 0. The standard InChI is InChI=1S/C15H15BrFN7O8S/c1-7(25)29-5-8(23-33(18,27)28)6-30-20-13-12(19-32-21-13)14-22-31-15(26)24(14)9-2-3-11(17)10(16)4-9/h2-4,8,23H,5-6H2,1H3,(H,20,21)(H2,18,27,28). The maximum absolute atomic E-state index is 13.6. The monoisotopic (exact) mass is 551 g/mol. The van der Waals surface area contributed by atoms with Gasteiger partial charge in [-0.2, -0.15) is 13.1 Å². The molecule has 0 aliphatic rings. The predicted molar refractivity (Wildman–Crippen MR) is 109 cm³/mol. The summed E-state index contributed by atoms with van der Waals surface area (Å²) in [4.78, 5) is 28.3. The fourth-order valence-corrected chi connectivity index (χ4v) is 3.40. The number of carbonyl (C=O) groups is 1. The Morgan fingerprint density at radius 2 is 2.09 bits per heavy atom. The summed E-state index contributed by atoms with van der Waals surface area (Å²) in [5, 5.41) is 15.8. The average molecular weight is 552 g/mol. The van der Waals surface area contributed by atoms with Crippen LogP contribution in [0.4, 0.5) is 10.2 Å². The summed E-state index contributed by atoms with van der Waals surface area (Å²) >= 11 is 3.02. The molecule has 0 aliphatic heterocycles. The average Bonchev–Trinajstić information content (AvgIpc) is 3.33. The van der Waals surface area contributed by atoms with E-state index in [4.69, 9.17) is 14.7 Å². The van der Waals surface area contributed by atoms with Crippen LogP contribution in [0.1, 0.15) is 6.92 Å². The van der Waals surface area contributed by atoms with Crippen LogP contribution in [0.5, 0.6) is 0 Å². The first-order chi connectivity index (χ1) is 15.5. The first-order valence-corrected chi connectivity index (χ1v) is 11.1. The van der Waals surface area contributed by atoms with Crippen molar-refractivity contribution in [3.63, 3.8) is 0 Å². The number of carbonyl (C=O) groups excluding carboxylic acids is 1. The third-order valence-corrected chi connectivity index (χ3v) is 5.01. The van der Waals surface area contributed by atoms with Crippen LogP contribution >= 0.6 is 15.9 Å². The molecule has 0 saturated carbocycles. The molecule has 0 aliphatic carbocycles.